The van der Waals surface area contributed by atoms with Gasteiger partial charge in [-0.1, -0.05) is 0 Å². The van der Waals surface area contributed by atoms with Crippen molar-refractivity contribution in [2.45, 2.75) is 38.8 Å². The Bertz CT molecular complexity index is 1080. The van der Waals surface area contributed by atoms with Crippen molar-refractivity contribution in [3.8, 4) is 5.75 Å². The first-order valence-corrected chi connectivity index (χ1v) is 8.98. The van der Waals surface area contributed by atoms with Gasteiger partial charge in [0, 0.05) is 43.1 Å². The summed E-state index contributed by atoms with van der Waals surface area (Å²) in [6.45, 7) is 2.42. The maximum Gasteiger partial charge on any atom is 0.345 e. The first-order valence-electron chi connectivity index (χ1n) is 8.98. The predicted molar refractivity (Wildman–Crippen MR) is 99.2 cm³/mol. The summed E-state index contributed by atoms with van der Waals surface area (Å²) in [5.74, 6) is 1.53. The molecular formula is C19H22N4O4. The number of fused-ring (bicyclic) bond motifs is 2. The van der Waals surface area contributed by atoms with Gasteiger partial charge in [-0.3, -0.25) is 9.36 Å². The number of aromatic nitrogens is 3. The third-order valence-corrected chi connectivity index (χ3v) is 5.19. The Kier molecular flexibility index (Phi) is 4.25. The molecule has 0 bridgehead atoms. The van der Waals surface area contributed by atoms with Crippen LogP contribution in [0.3, 0.4) is 0 Å². The van der Waals surface area contributed by atoms with Crippen molar-refractivity contribution in [1.82, 2.24) is 19.7 Å². The average molecular weight is 370 g/mol. The van der Waals surface area contributed by atoms with Gasteiger partial charge in [-0.2, -0.15) is 5.10 Å². The molecule has 0 saturated carbocycles. The molecule has 3 aromatic rings. The van der Waals surface area contributed by atoms with Crippen LogP contribution in [0.2, 0.25) is 0 Å². The van der Waals surface area contributed by atoms with Gasteiger partial charge < -0.3 is 14.5 Å². The highest BCUT2D eigenvalue weighted by atomic mass is 16.5. The lowest BCUT2D eigenvalue weighted by Crippen LogP contribution is -2.35. The van der Waals surface area contributed by atoms with Crippen molar-refractivity contribution >= 4 is 16.9 Å². The molecule has 1 N–H and O–H groups in total. The number of aryl methyl sites for hydroxylation is 3. The zero-order chi connectivity index (χ0) is 19.1. The smallest absolute Gasteiger partial charge is 0.345 e. The van der Waals surface area contributed by atoms with E-state index in [1.807, 2.05) is 19.1 Å². The monoisotopic (exact) mass is 370 g/mol. The predicted octanol–water partition coefficient (Wildman–Crippen LogP) is 1.78. The standard InChI is InChI=1S/C19H22N4O4/c1-11-14-6-5-13(26-3)10-15(14)27-17(11)18(24)20-12-4-7-16-21-22(2)19(25)23(16)9-8-12/h5-6,10,12H,4,7-9H2,1-3H3,(H,20,24). The minimum absolute atomic E-state index is 0.0361. The molecule has 2 aromatic heterocycles. The van der Waals surface area contributed by atoms with Crippen molar-refractivity contribution in [2.24, 2.45) is 7.05 Å². The van der Waals surface area contributed by atoms with E-state index in [0.29, 0.717) is 36.5 Å². The Labute approximate surface area is 155 Å². The van der Waals surface area contributed by atoms with Crippen LogP contribution in [0.15, 0.2) is 27.4 Å². The number of carbonyl (C=O) groups excluding carboxylic acids is 1. The molecule has 1 aromatic carbocycles. The summed E-state index contributed by atoms with van der Waals surface area (Å²) in [4.78, 5) is 24.8. The van der Waals surface area contributed by atoms with Crippen LogP contribution in [-0.4, -0.2) is 33.4 Å². The van der Waals surface area contributed by atoms with E-state index in [9.17, 15) is 9.59 Å². The number of hydrogen-bond acceptors (Lipinski definition) is 5. The normalized spacial score (nSPS) is 16.8. The third-order valence-electron chi connectivity index (χ3n) is 5.19. The topological polar surface area (TPSA) is 91.3 Å². The molecule has 1 amide bonds. The number of furan rings is 1. The first kappa shape index (κ1) is 17.4. The van der Waals surface area contributed by atoms with Crippen molar-refractivity contribution < 1.29 is 13.9 Å². The fourth-order valence-electron chi connectivity index (χ4n) is 3.64. The number of hydrogen-bond donors (Lipinski definition) is 1. The lowest BCUT2D eigenvalue weighted by atomic mass is 10.1. The van der Waals surface area contributed by atoms with Crippen LogP contribution in [0, 0.1) is 6.92 Å². The summed E-state index contributed by atoms with van der Waals surface area (Å²) in [7, 11) is 3.25. The van der Waals surface area contributed by atoms with Gasteiger partial charge in [0.25, 0.3) is 5.91 Å². The lowest BCUT2D eigenvalue weighted by Gasteiger charge is -2.15. The second-order valence-electron chi connectivity index (χ2n) is 6.89. The Morgan fingerprint density at radius 3 is 2.96 bits per heavy atom. The van der Waals surface area contributed by atoms with E-state index < -0.39 is 0 Å². The molecule has 4 rings (SSSR count). The van der Waals surface area contributed by atoms with Gasteiger partial charge in [-0.15, -0.1) is 0 Å². The minimum atomic E-state index is -0.236. The third kappa shape index (κ3) is 3.01. The van der Waals surface area contributed by atoms with E-state index in [4.69, 9.17) is 9.15 Å². The molecule has 0 radical (unpaired) electrons. The highest BCUT2D eigenvalue weighted by Crippen LogP contribution is 2.28. The molecule has 1 aliphatic heterocycles. The van der Waals surface area contributed by atoms with E-state index in [-0.39, 0.29) is 17.6 Å². The van der Waals surface area contributed by atoms with Gasteiger partial charge in [-0.25, -0.2) is 9.48 Å². The summed E-state index contributed by atoms with van der Waals surface area (Å²) < 4.78 is 14.1. The van der Waals surface area contributed by atoms with Gasteiger partial charge in [0.1, 0.15) is 17.2 Å². The van der Waals surface area contributed by atoms with Gasteiger partial charge in [0.2, 0.25) is 0 Å². The van der Waals surface area contributed by atoms with E-state index in [1.165, 1.54) is 4.68 Å². The SMILES string of the molecule is COc1ccc2c(C)c(C(=O)NC3CCc4nn(C)c(=O)n4CC3)oc2c1. The molecule has 8 heteroatoms. The number of benzene rings is 1. The van der Waals surface area contributed by atoms with E-state index in [2.05, 4.69) is 10.4 Å². The van der Waals surface area contributed by atoms with Crippen molar-refractivity contribution in [3.63, 3.8) is 0 Å². The number of carbonyl (C=O) groups is 1. The van der Waals surface area contributed by atoms with E-state index in [0.717, 1.165) is 23.2 Å². The van der Waals surface area contributed by atoms with Crippen molar-refractivity contribution in [1.29, 1.82) is 0 Å². The van der Waals surface area contributed by atoms with Crippen LogP contribution in [0.25, 0.3) is 11.0 Å². The van der Waals surface area contributed by atoms with Crippen LogP contribution in [0.5, 0.6) is 5.75 Å². The maximum absolute atomic E-state index is 12.8. The number of amides is 1. The zero-order valence-electron chi connectivity index (χ0n) is 15.6. The van der Waals surface area contributed by atoms with Gasteiger partial charge in [-0.05, 0) is 31.9 Å². The Balaban J connectivity index is 1.52. The zero-order valence-corrected chi connectivity index (χ0v) is 15.6. The van der Waals surface area contributed by atoms with Crippen LogP contribution in [0.4, 0.5) is 0 Å². The Morgan fingerprint density at radius 1 is 1.37 bits per heavy atom. The Hall–Kier alpha value is -3.03. The number of rotatable bonds is 3. The summed E-state index contributed by atoms with van der Waals surface area (Å²) >= 11 is 0. The van der Waals surface area contributed by atoms with Crippen LogP contribution in [-0.2, 0) is 20.0 Å². The van der Waals surface area contributed by atoms with Crippen LogP contribution < -0.4 is 15.7 Å². The minimum Gasteiger partial charge on any atom is -0.497 e. The number of ether oxygens (including phenoxy) is 1. The Morgan fingerprint density at radius 2 is 2.19 bits per heavy atom. The quantitative estimate of drug-likeness (QED) is 0.759. The summed E-state index contributed by atoms with van der Waals surface area (Å²) in [5.41, 5.74) is 1.32. The van der Waals surface area contributed by atoms with Gasteiger partial charge in [0.15, 0.2) is 5.76 Å². The maximum atomic E-state index is 12.8. The molecule has 8 nitrogen and oxygen atoms in total. The molecule has 0 aliphatic carbocycles. The molecule has 1 unspecified atom stereocenters. The highest BCUT2D eigenvalue weighted by Gasteiger charge is 2.24. The van der Waals surface area contributed by atoms with Gasteiger partial charge >= 0.3 is 5.69 Å². The molecule has 1 aliphatic rings. The molecule has 3 heterocycles. The lowest BCUT2D eigenvalue weighted by molar-refractivity contribution is 0.0906. The number of nitrogens with one attached hydrogen (secondary N) is 1. The highest BCUT2D eigenvalue weighted by molar-refractivity contribution is 5.99. The second-order valence-corrected chi connectivity index (χ2v) is 6.89. The molecule has 27 heavy (non-hydrogen) atoms. The fraction of sp³-hybridized carbons (Fsp3) is 0.421. The van der Waals surface area contributed by atoms with Crippen LogP contribution in [0.1, 0.15) is 34.8 Å². The van der Waals surface area contributed by atoms with Crippen molar-refractivity contribution in [3.05, 3.63) is 45.8 Å². The largest absolute Gasteiger partial charge is 0.497 e. The molecule has 0 saturated heterocycles. The first-order chi connectivity index (χ1) is 13.0. The molecule has 1 atom stereocenters. The number of nitrogens with zero attached hydrogens (tertiary/aromatic N) is 3. The summed E-state index contributed by atoms with van der Waals surface area (Å²) in [5, 5.41) is 8.21. The van der Waals surface area contributed by atoms with Gasteiger partial charge in [0.05, 0.1) is 7.11 Å². The fourth-order valence-corrected chi connectivity index (χ4v) is 3.64. The van der Waals surface area contributed by atoms with Crippen molar-refractivity contribution in [2.75, 3.05) is 7.11 Å². The molecule has 0 spiro atoms. The second kappa shape index (κ2) is 6.61. The summed E-state index contributed by atoms with van der Waals surface area (Å²) in [6, 6.07) is 5.48. The molecule has 0 fully saturated rings. The summed E-state index contributed by atoms with van der Waals surface area (Å²) in [6.07, 6.45) is 2.06. The van der Waals surface area contributed by atoms with E-state index >= 15 is 0 Å². The average Bonchev–Trinajstić information content (AvgIpc) is 3.05. The van der Waals surface area contributed by atoms with Crippen LogP contribution >= 0.6 is 0 Å². The molecular weight excluding hydrogens is 348 g/mol. The molecule has 142 valence electrons. The number of methoxy groups -OCH3 is 1. The van der Waals surface area contributed by atoms with E-state index in [1.54, 1.807) is 24.8 Å².